The van der Waals surface area contributed by atoms with Crippen molar-refractivity contribution in [1.82, 2.24) is 20.3 Å². The van der Waals surface area contributed by atoms with Crippen LogP contribution in [-0.2, 0) is 16.7 Å². The molecule has 2 aromatic carbocycles. The van der Waals surface area contributed by atoms with E-state index in [1.165, 1.54) is 29.3 Å². The van der Waals surface area contributed by atoms with Crippen LogP contribution in [0.4, 0.5) is 19.3 Å². The van der Waals surface area contributed by atoms with Crippen molar-refractivity contribution in [2.75, 3.05) is 24.5 Å². The Hall–Kier alpha value is -3.55. The molecule has 4 atom stereocenters. The third kappa shape index (κ3) is 3.63. The van der Waals surface area contributed by atoms with Crippen LogP contribution in [0, 0.1) is 34.8 Å². The lowest BCUT2D eigenvalue weighted by atomic mass is 9.89. The summed E-state index contributed by atoms with van der Waals surface area (Å²) in [6, 6.07) is 11.2. The van der Waals surface area contributed by atoms with E-state index in [9.17, 15) is 10.1 Å². The maximum Gasteiger partial charge on any atom is 0.414 e. The van der Waals surface area contributed by atoms with Crippen LogP contribution < -0.4 is 10.2 Å². The summed E-state index contributed by atoms with van der Waals surface area (Å²) in [5.74, 6) is -0.861. The van der Waals surface area contributed by atoms with Crippen molar-refractivity contribution >= 4 is 24.2 Å². The molecule has 3 heterocycles. The first-order chi connectivity index (χ1) is 16.5. The molecule has 1 amide bonds. The van der Waals surface area contributed by atoms with Gasteiger partial charge in [-0.1, -0.05) is 17.3 Å². The van der Waals surface area contributed by atoms with Crippen LogP contribution in [0.3, 0.4) is 0 Å². The van der Waals surface area contributed by atoms with Crippen molar-refractivity contribution in [3.63, 3.8) is 0 Å². The zero-order valence-corrected chi connectivity index (χ0v) is 19.2. The third-order valence-corrected chi connectivity index (χ3v) is 7.19. The fraction of sp³-hybridized carbons (Fsp3) is 0.333. The highest BCUT2D eigenvalue weighted by molar-refractivity contribution is 5.90. The Bertz CT molecular complexity index is 1320. The Labute approximate surface area is 205 Å². The summed E-state index contributed by atoms with van der Waals surface area (Å²) < 4.78 is 37.1. The molecule has 1 aromatic heterocycles. The molecule has 3 aliphatic rings. The fourth-order valence-corrected chi connectivity index (χ4v) is 5.46. The highest BCUT2D eigenvalue weighted by atomic mass is 35.5. The number of hydrogen-bond acceptors (Lipinski definition) is 6. The number of nitrogens with one attached hydrogen (secondary N) is 1. The Morgan fingerprint density at radius 2 is 1.97 bits per heavy atom. The minimum absolute atomic E-state index is 0. The molecular formula is C24H21ClF2N6O2. The van der Waals surface area contributed by atoms with Gasteiger partial charge in [-0.05, 0) is 29.8 Å². The van der Waals surface area contributed by atoms with Crippen LogP contribution in [0.25, 0.3) is 11.1 Å². The Morgan fingerprint density at radius 1 is 1.17 bits per heavy atom. The topological polar surface area (TPSA) is 96.1 Å². The Morgan fingerprint density at radius 3 is 2.63 bits per heavy atom. The molecule has 2 aliphatic heterocycles. The first kappa shape index (κ1) is 23.2. The number of hydrogen-bond donors (Lipinski definition) is 1. The molecule has 3 aromatic rings. The van der Waals surface area contributed by atoms with Gasteiger partial charge < -0.3 is 10.1 Å². The van der Waals surface area contributed by atoms with Crippen LogP contribution in [0.2, 0.25) is 0 Å². The molecule has 8 nitrogen and oxygen atoms in total. The number of fused-ring (bicyclic) bond motifs is 1. The monoisotopic (exact) mass is 498 g/mol. The van der Waals surface area contributed by atoms with E-state index in [2.05, 4.69) is 21.7 Å². The average molecular weight is 499 g/mol. The second kappa shape index (κ2) is 8.59. The van der Waals surface area contributed by atoms with Gasteiger partial charge in [-0.3, -0.25) is 4.90 Å². The zero-order chi connectivity index (χ0) is 23.4. The molecule has 1 saturated carbocycles. The minimum Gasteiger partial charge on any atom is -0.442 e. The molecule has 3 fully saturated rings. The van der Waals surface area contributed by atoms with Crippen LogP contribution in [0.1, 0.15) is 5.56 Å². The van der Waals surface area contributed by atoms with Crippen molar-refractivity contribution in [3.05, 3.63) is 66.0 Å². The van der Waals surface area contributed by atoms with E-state index in [0.717, 1.165) is 0 Å². The van der Waals surface area contributed by atoms with Crippen molar-refractivity contribution in [1.29, 1.82) is 5.26 Å². The lowest BCUT2D eigenvalue weighted by Gasteiger charge is -2.17. The summed E-state index contributed by atoms with van der Waals surface area (Å²) in [5, 5.41) is 20.6. The summed E-state index contributed by atoms with van der Waals surface area (Å²) in [4.78, 5) is 13.7. The van der Waals surface area contributed by atoms with Gasteiger partial charge in [0.05, 0.1) is 36.5 Å². The second-order valence-electron chi connectivity index (χ2n) is 8.95. The first-order valence-electron chi connectivity index (χ1n) is 11.1. The number of carbonyl (C=O) groups is 1. The van der Waals surface area contributed by atoms with Gasteiger partial charge in [0, 0.05) is 42.2 Å². The van der Waals surface area contributed by atoms with Gasteiger partial charge in [0.1, 0.15) is 17.7 Å². The lowest BCUT2D eigenvalue weighted by molar-refractivity contribution is 0.129. The highest BCUT2D eigenvalue weighted by Gasteiger charge is 2.68. The van der Waals surface area contributed by atoms with E-state index in [-0.39, 0.29) is 36.4 Å². The number of amides is 1. The lowest BCUT2D eigenvalue weighted by Crippen LogP contribution is -2.26. The van der Waals surface area contributed by atoms with Crippen LogP contribution >= 0.6 is 12.4 Å². The highest BCUT2D eigenvalue weighted by Crippen LogP contribution is 2.61. The van der Waals surface area contributed by atoms with Crippen LogP contribution in [-0.4, -0.2) is 46.8 Å². The molecular weight excluding hydrogens is 478 g/mol. The number of anilines is 1. The summed E-state index contributed by atoms with van der Waals surface area (Å²) in [7, 11) is 0. The van der Waals surface area contributed by atoms with Gasteiger partial charge in [-0.25, -0.2) is 18.3 Å². The first-order valence-corrected chi connectivity index (χ1v) is 11.1. The number of aromatic nitrogens is 3. The van der Waals surface area contributed by atoms with Crippen molar-refractivity contribution in [2.24, 2.45) is 11.8 Å². The fourth-order valence-electron chi connectivity index (χ4n) is 5.46. The number of nitrogens with zero attached hydrogens (tertiary/aromatic N) is 5. The van der Waals surface area contributed by atoms with E-state index in [0.29, 0.717) is 36.4 Å². The number of nitriles is 1. The molecule has 0 radical (unpaired) electrons. The predicted octanol–water partition coefficient (Wildman–Crippen LogP) is 3.28. The normalized spacial score (nSPS) is 26.6. The van der Waals surface area contributed by atoms with Crippen molar-refractivity contribution < 1.29 is 18.3 Å². The van der Waals surface area contributed by atoms with E-state index >= 15 is 8.78 Å². The number of rotatable bonds is 5. The van der Waals surface area contributed by atoms with Crippen LogP contribution in [0.15, 0.2) is 48.8 Å². The molecule has 35 heavy (non-hydrogen) atoms. The second-order valence-corrected chi connectivity index (χ2v) is 8.95. The van der Waals surface area contributed by atoms with Gasteiger partial charge in [-0.15, -0.1) is 17.5 Å². The summed E-state index contributed by atoms with van der Waals surface area (Å²) in [5.41, 5.74) is 0.520. The van der Waals surface area contributed by atoms with Gasteiger partial charge in [-0.2, -0.15) is 5.26 Å². The number of benzene rings is 2. The number of ether oxygens (including phenoxy) is 1. The standard InChI is InChI=1S/C24H20F2N6O2.ClH/c25-21-8-15(32-12-16(34-23(32)33)11-31-6-5-29-30-31)2-3-17(21)14-1-4-18(22(26)7-14)24(13-27)19-9-28-10-20(19)24;/h1-8,16,19-20,28H,9-12H2;1H/t16-,19-,20+,24?;/m0./s1. The molecule has 11 heteroatoms. The predicted molar refractivity (Wildman–Crippen MR) is 124 cm³/mol. The number of carbonyl (C=O) groups excluding carboxylic acids is 1. The quantitative estimate of drug-likeness (QED) is 0.580. The Balaban J connectivity index is 0.00000253. The van der Waals surface area contributed by atoms with Crippen molar-refractivity contribution in [2.45, 2.75) is 18.1 Å². The van der Waals surface area contributed by atoms with E-state index in [4.69, 9.17) is 4.74 Å². The zero-order valence-electron chi connectivity index (χ0n) is 18.4. The van der Waals surface area contributed by atoms with E-state index < -0.39 is 29.2 Å². The van der Waals surface area contributed by atoms with Crippen LogP contribution in [0.5, 0.6) is 0 Å². The maximum atomic E-state index is 15.1. The SMILES string of the molecule is Cl.N#CC1(c2ccc(-c3ccc(N4C[C@H](Cn5ccnn5)OC4=O)cc3F)cc2F)[C@@H]2CNC[C@@H]21. The number of halogens is 3. The largest absolute Gasteiger partial charge is 0.442 e. The smallest absolute Gasteiger partial charge is 0.414 e. The average Bonchev–Trinajstić information content (AvgIpc) is 3.35. The number of piperidine rings is 1. The third-order valence-electron chi connectivity index (χ3n) is 7.19. The molecule has 1 unspecified atom stereocenters. The van der Waals surface area contributed by atoms with E-state index in [1.807, 2.05) is 0 Å². The van der Waals surface area contributed by atoms with E-state index in [1.54, 1.807) is 29.1 Å². The minimum atomic E-state index is -0.796. The summed E-state index contributed by atoms with van der Waals surface area (Å²) in [6.07, 6.45) is 2.19. The summed E-state index contributed by atoms with van der Waals surface area (Å²) in [6.45, 7) is 1.99. The Kier molecular flexibility index (Phi) is 5.69. The molecule has 2 saturated heterocycles. The van der Waals surface area contributed by atoms with Crippen molar-refractivity contribution in [3.8, 4) is 17.2 Å². The molecule has 1 N–H and O–H groups in total. The van der Waals surface area contributed by atoms with Gasteiger partial charge >= 0.3 is 6.09 Å². The molecule has 0 bridgehead atoms. The number of cyclic esters (lactones) is 1. The maximum absolute atomic E-state index is 15.1. The van der Waals surface area contributed by atoms with Gasteiger partial charge in [0.2, 0.25) is 0 Å². The molecule has 6 rings (SSSR count). The van der Waals surface area contributed by atoms with Gasteiger partial charge in [0.15, 0.2) is 0 Å². The van der Waals surface area contributed by atoms with Gasteiger partial charge in [0.25, 0.3) is 0 Å². The molecule has 1 aliphatic carbocycles. The molecule has 0 spiro atoms. The summed E-state index contributed by atoms with van der Waals surface area (Å²) >= 11 is 0. The molecule has 180 valence electrons.